The summed E-state index contributed by atoms with van der Waals surface area (Å²) in [6, 6.07) is 10.9. The van der Waals surface area contributed by atoms with Crippen LogP contribution in [0.3, 0.4) is 0 Å². The summed E-state index contributed by atoms with van der Waals surface area (Å²) in [7, 11) is 2.64. The monoisotopic (exact) mass is 597 g/mol. The smallest absolute Gasteiger partial charge is 0.337 e. The van der Waals surface area contributed by atoms with E-state index >= 15 is 0 Å². The number of furan rings is 1. The maximum Gasteiger partial charge on any atom is 0.337 e. The predicted octanol–water partition coefficient (Wildman–Crippen LogP) is 3.85. The minimum absolute atomic E-state index is 0.00537. The lowest BCUT2D eigenvalue weighted by Crippen LogP contribution is -2.45. The van der Waals surface area contributed by atoms with Crippen LogP contribution in [0.25, 0.3) is 11.3 Å². The van der Waals surface area contributed by atoms with Gasteiger partial charge < -0.3 is 29.3 Å². The number of methoxy groups -OCH3 is 2. The van der Waals surface area contributed by atoms with E-state index < -0.39 is 35.5 Å². The zero-order valence-corrected chi connectivity index (χ0v) is 23.2. The van der Waals surface area contributed by atoms with Crippen molar-refractivity contribution in [2.75, 3.05) is 20.8 Å². The third-order valence-corrected chi connectivity index (χ3v) is 6.31. The van der Waals surface area contributed by atoms with Crippen LogP contribution in [0.4, 0.5) is 10.5 Å². The minimum Gasteiger partial charge on any atom is -0.493 e. The van der Waals surface area contributed by atoms with Gasteiger partial charge in [0.05, 0.1) is 37.0 Å². The molecule has 3 aromatic rings. The number of urea groups is 1. The van der Waals surface area contributed by atoms with E-state index in [-0.39, 0.29) is 33.5 Å². The van der Waals surface area contributed by atoms with Crippen molar-refractivity contribution in [2.24, 2.45) is 5.10 Å². The van der Waals surface area contributed by atoms with Crippen molar-refractivity contribution in [2.45, 2.75) is 13.0 Å². The van der Waals surface area contributed by atoms with E-state index in [1.54, 1.807) is 37.3 Å². The first kappa shape index (κ1) is 29.6. The van der Waals surface area contributed by atoms with E-state index in [9.17, 15) is 24.5 Å². The van der Waals surface area contributed by atoms with E-state index in [1.807, 2.05) is 0 Å². The van der Waals surface area contributed by atoms with Crippen molar-refractivity contribution in [1.29, 1.82) is 0 Å². The second kappa shape index (κ2) is 12.9. The second-order valence-corrected chi connectivity index (χ2v) is 9.09. The molecule has 1 aromatic heterocycles. The number of nitrogens with zero attached hydrogens (tertiary/aromatic N) is 2. The van der Waals surface area contributed by atoms with Gasteiger partial charge >= 0.3 is 12.0 Å². The molecule has 0 spiro atoms. The highest BCUT2D eigenvalue weighted by molar-refractivity contribution is 6.32. The van der Waals surface area contributed by atoms with Crippen molar-refractivity contribution < 1.29 is 37.9 Å². The van der Waals surface area contributed by atoms with Crippen LogP contribution in [0.2, 0.25) is 5.02 Å². The molecule has 0 saturated carbocycles. The number of carbonyl (C=O) groups is 3. The summed E-state index contributed by atoms with van der Waals surface area (Å²) in [5, 5.41) is 20.2. The average Bonchev–Trinajstić information content (AvgIpc) is 3.44. The third-order valence-electron chi connectivity index (χ3n) is 5.99. The molecular formula is C27H24ClN5O9. The van der Waals surface area contributed by atoms with Crippen molar-refractivity contribution >= 4 is 41.4 Å². The SMILES string of the molecule is COC(=O)C1=C(C)NC(=O)N[C@H]1c1ccc(OCC(=O)N/N=C\c2ccc(-c3ccc(Cl)c([N+](=O)[O-])c3)o2)c(OC)c1. The first-order chi connectivity index (χ1) is 20.1. The summed E-state index contributed by atoms with van der Waals surface area (Å²) in [4.78, 5) is 47.2. The molecule has 0 radical (unpaired) electrons. The molecule has 3 amide bonds. The molecule has 2 heterocycles. The number of nitro benzene ring substituents is 1. The molecule has 1 aliphatic heterocycles. The lowest BCUT2D eigenvalue weighted by molar-refractivity contribution is -0.384. The number of hydrogen-bond acceptors (Lipinski definition) is 10. The molecule has 1 atom stereocenters. The normalized spacial score (nSPS) is 14.7. The van der Waals surface area contributed by atoms with E-state index in [4.69, 9.17) is 30.2 Å². The van der Waals surface area contributed by atoms with Gasteiger partial charge in [-0.1, -0.05) is 17.7 Å². The Morgan fingerprint density at radius 2 is 1.95 bits per heavy atom. The molecule has 0 unspecified atom stereocenters. The number of ether oxygens (including phenoxy) is 3. The Morgan fingerprint density at radius 1 is 1.17 bits per heavy atom. The zero-order chi connectivity index (χ0) is 30.4. The fourth-order valence-corrected chi connectivity index (χ4v) is 4.22. The topological polar surface area (TPSA) is 184 Å². The number of nitrogens with one attached hydrogen (secondary N) is 3. The molecular weight excluding hydrogens is 574 g/mol. The van der Waals surface area contributed by atoms with Crippen LogP contribution < -0.4 is 25.5 Å². The Balaban J connectivity index is 1.38. The van der Waals surface area contributed by atoms with Crippen molar-refractivity contribution in [3.05, 3.63) is 86.3 Å². The number of esters is 1. The van der Waals surface area contributed by atoms with Gasteiger partial charge in [-0.3, -0.25) is 14.9 Å². The minimum atomic E-state index is -0.802. The van der Waals surface area contributed by atoms with Gasteiger partial charge in [-0.25, -0.2) is 15.0 Å². The predicted molar refractivity (Wildman–Crippen MR) is 149 cm³/mol. The maximum absolute atomic E-state index is 12.3. The van der Waals surface area contributed by atoms with Crippen LogP contribution in [-0.2, 0) is 14.3 Å². The average molecular weight is 598 g/mol. The van der Waals surface area contributed by atoms with Crippen LogP contribution in [0, 0.1) is 10.1 Å². The molecule has 0 aliphatic carbocycles. The zero-order valence-electron chi connectivity index (χ0n) is 22.4. The van der Waals surface area contributed by atoms with Gasteiger partial charge in [0, 0.05) is 17.3 Å². The Kier molecular flexibility index (Phi) is 9.07. The standard InChI is InChI=1S/C27H24ClN5O9/c1-14-24(26(35)40-3)25(31-27(36)30-14)16-5-8-21(22(11-16)39-2)41-13-23(34)32-29-12-17-6-9-20(42-17)15-4-7-18(28)19(10-15)33(37)38/h4-12,25H,13H2,1-3H3,(H,32,34)(H2,30,31,36)/b29-12-/t25-/m0/s1. The molecule has 0 bridgehead atoms. The molecule has 0 fully saturated rings. The second-order valence-electron chi connectivity index (χ2n) is 8.68. The van der Waals surface area contributed by atoms with E-state index in [1.165, 1.54) is 38.6 Å². The number of nitro groups is 1. The van der Waals surface area contributed by atoms with Gasteiger partial charge in [-0.05, 0) is 48.9 Å². The Morgan fingerprint density at radius 3 is 2.67 bits per heavy atom. The van der Waals surface area contributed by atoms with E-state index in [0.29, 0.717) is 22.6 Å². The molecule has 15 heteroatoms. The number of hydrogen-bond donors (Lipinski definition) is 3. The van der Waals surface area contributed by atoms with Crippen LogP contribution >= 0.6 is 11.6 Å². The molecule has 1 aliphatic rings. The highest BCUT2D eigenvalue weighted by Gasteiger charge is 2.32. The number of halogens is 1. The molecule has 14 nitrogen and oxygen atoms in total. The Labute approximate surface area is 243 Å². The van der Waals surface area contributed by atoms with Crippen LogP contribution in [0.1, 0.15) is 24.3 Å². The lowest BCUT2D eigenvalue weighted by atomic mass is 9.95. The molecule has 4 rings (SSSR count). The van der Waals surface area contributed by atoms with Crippen LogP contribution in [-0.4, -0.2) is 49.9 Å². The number of allylic oxidation sites excluding steroid dienone is 1. The first-order valence-electron chi connectivity index (χ1n) is 12.1. The first-order valence-corrected chi connectivity index (χ1v) is 12.5. The number of amides is 3. The lowest BCUT2D eigenvalue weighted by Gasteiger charge is -2.28. The highest BCUT2D eigenvalue weighted by atomic mass is 35.5. The highest BCUT2D eigenvalue weighted by Crippen LogP contribution is 2.35. The van der Waals surface area contributed by atoms with Crippen molar-refractivity contribution in [3.8, 4) is 22.8 Å². The number of rotatable bonds is 10. The Bertz CT molecular complexity index is 1610. The van der Waals surface area contributed by atoms with Crippen LogP contribution in [0.15, 0.2) is 69.3 Å². The molecule has 0 saturated heterocycles. The van der Waals surface area contributed by atoms with Gasteiger partial charge in [-0.2, -0.15) is 5.10 Å². The van der Waals surface area contributed by atoms with E-state index in [0.717, 1.165) is 0 Å². The van der Waals surface area contributed by atoms with Crippen LogP contribution in [0.5, 0.6) is 11.5 Å². The Hall–Kier alpha value is -5.37. The molecule has 3 N–H and O–H groups in total. The summed E-state index contributed by atoms with van der Waals surface area (Å²) in [5.41, 5.74) is 3.59. The summed E-state index contributed by atoms with van der Waals surface area (Å²) >= 11 is 5.85. The van der Waals surface area contributed by atoms with Crippen molar-refractivity contribution in [3.63, 3.8) is 0 Å². The van der Waals surface area contributed by atoms with Gasteiger partial charge in [0.2, 0.25) is 0 Å². The maximum atomic E-state index is 12.3. The summed E-state index contributed by atoms with van der Waals surface area (Å²) in [5.74, 6) is -0.0925. The van der Waals surface area contributed by atoms with Gasteiger partial charge in [-0.15, -0.1) is 0 Å². The number of hydrazone groups is 1. The summed E-state index contributed by atoms with van der Waals surface area (Å²) in [6.07, 6.45) is 1.25. The van der Waals surface area contributed by atoms with Crippen molar-refractivity contribution in [1.82, 2.24) is 16.1 Å². The van der Waals surface area contributed by atoms with Gasteiger partial charge in [0.15, 0.2) is 18.1 Å². The molecule has 218 valence electrons. The summed E-state index contributed by atoms with van der Waals surface area (Å²) < 4.78 is 21.4. The molecule has 42 heavy (non-hydrogen) atoms. The largest absolute Gasteiger partial charge is 0.493 e. The molecule has 2 aromatic carbocycles. The fourth-order valence-electron chi connectivity index (χ4n) is 4.03. The number of carbonyl (C=O) groups excluding carboxylic acids is 3. The quantitative estimate of drug-likeness (QED) is 0.135. The number of benzene rings is 2. The van der Waals surface area contributed by atoms with E-state index in [2.05, 4.69) is 21.2 Å². The fraction of sp³-hybridized carbons (Fsp3) is 0.185. The van der Waals surface area contributed by atoms with Gasteiger partial charge in [0.25, 0.3) is 11.6 Å². The van der Waals surface area contributed by atoms with Gasteiger partial charge in [0.1, 0.15) is 16.5 Å². The third kappa shape index (κ3) is 6.67. The summed E-state index contributed by atoms with van der Waals surface area (Å²) in [6.45, 7) is 1.17.